The first-order valence-electron chi connectivity index (χ1n) is 10.9. The fourth-order valence-electron chi connectivity index (χ4n) is 4.59. The number of hydrogen-bond acceptors (Lipinski definition) is 6. The highest BCUT2D eigenvalue weighted by atomic mass is 32.1. The van der Waals surface area contributed by atoms with Crippen molar-refractivity contribution in [3.8, 4) is 0 Å². The highest BCUT2D eigenvalue weighted by molar-refractivity contribution is 7.18. The third-order valence-corrected chi connectivity index (χ3v) is 7.37. The van der Waals surface area contributed by atoms with Crippen molar-refractivity contribution < 1.29 is 9.59 Å². The minimum Gasteiger partial charge on any atom is -0.273 e. The molecule has 33 heavy (non-hydrogen) atoms. The third kappa shape index (κ3) is 3.89. The Balaban J connectivity index is 1.36. The summed E-state index contributed by atoms with van der Waals surface area (Å²) < 4.78 is 2.23. The van der Waals surface area contributed by atoms with Crippen LogP contribution in [0.2, 0.25) is 0 Å². The first-order valence-corrected chi connectivity index (χ1v) is 11.7. The molecule has 2 N–H and O–H groups in total. The number of aryl methyl sites for hydroxylation is 1. The van der Waals surface area contributed by atoms with Crippen LogP contribution >= 0.6 is 11.3 Å². The number of nitrogens with zero attached hydrogens (tertiary/aromatic N) is 3. The van der Waals surface area contributed by atoms with Crippen LogP contribution in [0.4, 0.5) is 0 Å². The van der Waals surface area contributed by atoms with E-state index < -0.39 is 11.3 Å². The van der Waals surface area contributed by atoms with Crippen LogP contribution in [-0.2, 0) is 18.3 Å². The summed E-state index contributed by atoms with van der Waals surface area (Å²) in [7, 11) is 1.50. The average molecular weight is 462 g/mol. The number of rotatable bonds is 4. The average Bonchev–Trinajstić information content (AvgIpc) is 3.47. The number of benzene rings is 2. The molecular weight excluding hydrogens is 438 g/mol. The summed E-state index contributed by atoms with van der Waals surface area (Å²) in [5, 5.41) is 5.88. The molecular formula is C24H23N5O3S. The third-order valence-electron chi connectivity index (χ3n) is 6.33. The Morgan fingerprint density at radius 2 is 1.73 bits per heavy atom. The number of amides is 2. The second kappa shape index (κ2) is 8.40. The minimum absolute atomic E-state index is 0.0830. The van der Waals surface area contributed by atoms with E-state index >= 15 is 0 Å². The van der Waals surface area contributed by atoms with Crippen LogP contribution in [0, 0.1) is 5.41 Å². The molecule has 1 aliphatic carbocycles. The molecule has 4 aromatic rings. The number of aromatic nitrogens is 3. The van der Waals surface area contributed by atoms with E-state index in [4.69, 9.17) is 4.98 Å². The minimum atomic E-state index is -0.611. The Morgan fingerprint density at radius 1 is 1.03 bits per heavy atom. The number of fused-ring (bicyclic) bond motifs is 2. The number of carbonyl (C=O) groups is 2. The molecule has 1 aliphatic rings. The second-order valence-corrected chi connectivity index (χ2v) is 9.59. The van der Waals surface area contributed by atoms with Gasteiger partial charge in [0.1, 0.15) is 0 Å². The number of hydrazine groups is 1. The van der Waals surface area contributed by atoms with Gasteiger partial charge in [-0.15, -0.1) is 11.3 Å². The molecule has 2 aromatic heterocycles. The van der Waals surface area contributed by atoms with Crippen LogP contribution in [0.15, 0.2) is 53.3 Å². The first-order chi connectivity index (χ1) is 16.0. The van der Waals surface area contributed by atoms with E-state index in [0.29, 0.717) is 17.2 Å². The van der Waals surface area contributed by atoms with Crippen LogP contribution in [0.5, 0.6) is 0 Å². The molecule has 5 rings (SSSR count). The Bertz CT molecular complexity index is 1400. The molecule has 1 saturated carbocycles. The zero-order chi connectivity index (χ0) is 23.0. The Hall–Kier alpha value is -3.59. The van der Waals surface area contributed by atoms with Gasteiger partial charge in [0.2, 0.25) is 5.91 Å². The zero-order valence-electron chi connectivity index (χ0n) is 18.1. The molecule has 2 heterocycles. The second-order valence-electron chi connectivity index (χ2n) is 8.47. The van der Waals surface area contributed by atoms with Gasteiger partial charge in [0, 0.05) is 18.9 Å². The molecule has 0 aliphatic heterocycles. The van der Waals surface area contributed by atoms with Gasteiger partial charge in [-0.3, -0.25) is 25.2 Å². The molecule has 0 spiro atoms. The van der Waals surface area contributed by atoms with E-state index in [1.54, 1.807) is 35.6 Å². The van der Waals surface area contributed by atoms with Crippen LogP contribution < -0.4 is 16.4 Å². The van der Waals surface area contributed by atoms with Gasteiger partial charge < -0.3 is 0 Å². The van der Waals surface area contributed by atoms with Crippen molar-refractivity contribution >= 4 is 44.1 Å². The standard InChI is InChI=1S/C24H23N5O3S/c1-29-22(31)16-9-3-2-8-15(16)20(28-29)21(30)26-27-23(32)24(12-6-7-13-24)14-19-25-17-10-4-5-11-18(17)33-19/h2-5,8-11H,6-7,12-14H2,1H3,(H,26,30)(H,27,32). The van der Waals surface area contributed by atoms with Gasteiger partial charge in [0.05, 0.1) is 26.0 Å². The number of thiazole rings is 1. The van der Waals surface area contributed by atoms with E-state index in [-0.39, 0.29) is 17.2 Å². The van der Waals surface area contributed by atoms with Gasteiger partial charge in [-0.05, 0) is 31.0 Å². The number of nitrogens with one attached hydrogen (secondary N) is 2. The maximum atomic E-state index is 13.3. The molecule has 0 radical (unpaired) electrons. The zero-order valence-corrected chi connectivity index (χ0v) is 18.9. The smallest absolute Gasteiger partial charge is 0.273 e. The molecule has 2 amide bonds. The summed E-state index contributed by atoms with van der Waals surface area (Å²) in [6.07, 6.45) is 3.94. The fraction of sp³-hybridized carbons (Fsp3) is 0.292. The van der Waals surface area contributed by atoms with Crippen molar-refractivity contribution in [3.63, 3.8) is 0 Å². The molecule has 0 atom stereocenters. The number of hydrogen-bond donors (Lipinski definition) is 2. The van der Waals surface area contributed by atoms with E-state index in [9.17, 15) is 14.4 Å². The van der Waals surface area contributed by atoms with Crippen molar-refractivity contribution in [3.05, 3.63) is 69.6 Å². The molecule has 0 saturated heterocycles. The van der Waals surface area contributed by atoms with Crippen molar-refractivity contribution in [2.24, 2.45) is 12.5 Å². The van der Waals surface area contributed by atoms with Crippen LogP contribution in [0.3, 0.4) is 0 Å². The van der Waals surface area contributed by atoms with Crippen molar-refractivity contribution in [2.45, 2.75) is 32.1 Å². The van der Waals surface area contributed by atoms with E-state index in [2.05, 4.69) is 16.0 Å². The van der Waals surface area contributed by atoms with Crippen molar-refractivity contribution in [2.75, 3.05) is 0 Å². The van der Waals surface area contributed by atoms with Gasteiger partial charge in [-0.1, -0.05) is 43.2 Å². The summed E-state index contributed by atoms with van der Waals surface area (Å²) >= 11 is 1.60. The largest absolute Gasteiger partial charge is 0.290 e. The van der Waals surface area contributed by atoms with Gasteiger partial charge in [0.25, 0.3) is 11.5 Å². The lowest BCUT2D eigenvalue weighted by atomic mass is 9.82. The van der Waals surface area contributed by atoms with Crippen LogP contribution in [0.25, 0.3) is 21.0 Å². The SMILES string of the molecule is Cn1nc(C(=O)NNC(=O)C2(Cc3nc4ccccc4s3)CCCC2)c2ccccc2c1=O. The number of carbonyl (C=O) groups excluding carboxylic acids is 2. The van der Waals surface area contributed by atoms with Gasteiger partial charge in [-0.2, -0.15) is 5.10 Å². The Labute approximate surface area is 193 Å². The fourth-order valence-corrected chi connectivity index (χ4v) is 5.70. The molecule has 9 heteroatoms. The summed E-state index contributed by atoms with van der Waals surface area (Å²) in [5.74, 6) is -0.787. The van der Waals surface area contributed by atoms with Crippen LogP contribution in [0.1, 0.15) is 41.2 Å². The first kappa shape index (κ1) is 21.3. The lowest BCUT2D eigenvalue weighted by molar-refractivity contribution is -0.131. The highest BCUT2D eigenvalue weighted by Gasteiger charge is 2.42. The van der Waals surface area contributed by atoms with Crippen molar-refractivity contribution in [1.29, 1.82) is 0 Å². The van der Waals surface area contributed by atoms with E-state index in [1.165, 1.54) is 7.05 Å². The lowest BCUT2D eigenvalue weighted by Gasteiger charge is -2.26. The van der Waals surface area contributed by atoms with Gasteiger partial charge in [-0.25, -0.2) is 9.67 Å². The summed E-state index contributed by atoms with van der Waals surface area (Å²) in [4.78, 5) is 43.2. The molecule has 0 unspecified atom stereocenters. The molecule has 2 aromatic carbocycles. The highest BCUT2D eigenvalue weighted by Crippen LogP contribution is 2.42. The summed E-state index contributed by atoms with van der Waals surface area (Å²) in [6, 6.07) is 14.7. The number of para-hydroxylation sites is 1. The monoisotopic (exact) mass is 461 g/mol. The van der Waals surface area contributed by atoms with E-state index in [0.717, 1.165) is 45.6 Å². The van der Waals surface area contributed by atoms with Crippen molar-refractivity contribution in [1.82, 2.24) is 25.6 Å². The Kier molecular flexibility index (Phi) is 5.41. The summed E-state index contributed by atoms with van der Waals surface area (Å²) in [5.41, 5.74) is 5.27. The van der Waals surface area contributed by atoms with Crippen LogP contribution in [-0.4, -0.2) is 26.6 Å². The maximum Gasteiger partial charge on any atom is 0.290 e. The predicted octanol–water partition coefficient (Wildman–Crippen LogP) is 3.11. The van der Waals surface area contributed by atoms with Gasteiger partial charge >= 0.3 is 0 Å². The van der Waals surface area contributed by atoms with E-state index in [1.807, 2.05) is 24.3 Å². The maximum absolute atomic E-state index is 13.3. The molecule has 168 valence electrons. The normalized spacial score (nSPS) is 15.1. The lowest BCUT2D eigenvalue weighted by Crippen LogP contribution is -2.49. The Morgan fingerprint density at radius 3 is 2.48 bits per heavy atom. The predicted molar refractivity (Wildman–Crippen MR) is 127 cm³/mol. The molecule has 1 fully saturated rings. The quantitative estimate of drug-likeness (QED) is 0.454. The van der Waals surface area contributed by atoms with Gasteiger partial charge in [0.15, 0.2) is 5.69 Å². The molecule has 0 bridgehead atoms. The molecule has 8 nitrogen and oxygen atoms in total. The summed E-state index contributed by atoms with van der Waals surface area (Å²) in [6.45, 7) is 0. The topological polar surface area (TPSA) is 106 Å².